The molecule has 0 aliphatic rings. The molecule has 0 unspecified atom stereocenters. The molecule has 0 amide bonds. The van der Waals surface area contributed by atoms with Crippen LogP contribution in [-0.2, 0) is 0 Å². The highest BCUT2D eigenvalue weighted by molar-refractivity contribution is 7.89. The summed E-state index contributed by atoms with van der Waals surface area (Å²) in [7, 11) is -1.00. The van der Waals surface area contributed by atoms with E-state index < -0.39 is 15.8 Å². The van der Waals surface area contributed by atoms with Gasteiger partial charge in [0.2, 0.25) is 0 Å². The van der Waals surface area contributed by atoms with Crippen molar-refractivity contribution in [3.8, 4) is 0 Å². The Labute approximate surface area is 221 Å². The lowest BCUT2D eigenvalue weighted by molar-refractivity contribution is 0.583. The lowest BCUT2D eigenvalue weighted by Gasteiger charge is -2.36. The van der Waals surface area contributed by atoms with Gasteiger partial charge in [0, 0.05) is 5.40 Å². The molecule has 0 aromatic heterocycles. The summed E-state index contributed by atoms with van der Waals surface area (Å²) >= 11 is 0. The highest BCUT2D eigenvalue weighted by Gasteiger charge is 2.33. The first-order chi connectivity index (χ1) is 17.9. The van der Waals surface area contributed by atoms with E-state index >= 15 is 0 Å². The largest absolute Gasteiger partial charge is 0.0654 e. The SMILES string of the molecule is CCCCCCCCCC(P(c1ccccc1)c1ccccc1)P(c1ccccc1)c1ccccc1. The summed E-state index contributed by atoms with van der Waals surface area (Å²) in [6.45, 7) is 2.30. The Bertz CT molecular complexity index is 935. The Hall–Kier alpha value is -2.26. The first kappa shape index (κ1) is 26.8. The molecule has 186 valence electrons. The summed E-state index contributed by atoms with van der Waals surface area (Å²) < 4.78 is 0. The van der Waals surface area contributed by atoms with Gasteiger partial charge in [-0.25, -0.2) is 0 Å². The minimum Gasteiger partial charge on any atom is -0.0654 e. The zero-order valence-corrected chi connectivity index (χ0v) is 23.5. The third-order valence-corrected chi connectivity index (χ3v) is 13.3. The third-order valence-electron chi connectivity index (χ3n) is 6.80. The molecule has 0 N–H and O–H groups in total. The lowest BCUT2D eigenvalue weighted by atomic mass is 10.1. The van der Waals surface area contributed by atoms with Crippen molar-refractivity contribution < 1.29 is 0 Å². The minimum atomic E-state index is -0.502. The maximum Gasteiger partial charge on any atom is 0.0155 e. The van der Waals surface area contributed by atoms with Gasteiger partial charge in [-0.05, 0) is 43.5 Å². The van der Waals surface area contributed by atoms with Crippen LogP contribution in [0.25, 0.3) is 0 Å². The second-order valence-corrected chi connectivity index (χ2v) is 14.7. The molecule has 0 spiro atoms. The number of rotatable bonds is 14. The molecule has 0 fully saturated rings. The summed E-state index contributed by atoms with van der Waals surface area (Å²) in [5.74, 6) is 0. The van der Waals surface area contributed by atoms with E-state index in [-0.39, 0.29) is 0 Å². The van der Waals surface area contributed by atoms with Crippen LogP contribution in [0.5, 0.6) is 0 Å². The van der Waals surface area contributed by atoms with E-state index in [0.717, 1.165) is 0 Å². The van der Waals surface area contributed by atoms with Crippen LogP contribution in [0, 0.1) is 0 Å². The number of benzene rings is 4. The first-order valence-electron chi connectivity index (χ1n) is 13.7. The van der Waals surface area contributed by atoms with E-state index in [2.05, 4.69) is 128 Å². The zero-order chi connectivity index (χ0) is 24.8. The normalized spacial score (nSPS) is 11.4. The molecular weight excluding hydrogens is 470 g/mol. The lowest BCUT2D eigenvalue weighted by Crippen LogP contribution is -2.27. The Balaban J connectivity index is 1.73. The van der Waals surface area contributed by atoms with Crippen molar-refractivity contribution in [3.63, 3.8) is 0 Å². The van der Waals surface area contributed by atoms with E-state index in [1.807, 2.05) is 0 Å². The second kappa shape index (κ2) is 15.1. The fraction of sp³-hybridized carbons (Fsp3) is 0.294. The van der Waals surface area contributed by atoms with Crippen molar-refractivity contribution in [2.75, 3.05) is 0 Å². The fourth-order valence-corrected chi connectivity index (χ4v) is 12.4. The van der Waals surface area contributed by atoms with Gasteiger partial charge in [0.1, 0.15) is 0 Å². The molecule has 4 rings (SSSR count). The van der Waals surface area contributed by atoms with Gasteiger partial charge in [-0.15, -0.1) is 0 Å². The van der Waals surface area contributed by atoms with E-state index in [1.54, 1.807) is 0 Å². The molecule has 4 aromatic carbocycles. The van der Waals surface area contributed by atoms with Gasteiger partial charge in [0.15, 0.2) is 0 Å². The van der Waals surface area contributed by atoms with Crippen LogP contribution < -0.4 is 21.2 Å². The van der Waals surface area contributed by atoms with Crippen LogP contribution in [0.15, 0.2) is 121 Å². The van der Waals surface area contributed by atoms with Crippen LogP contribution in [0.3, 0.4) is 0 Å². The van der Waals surface area contributed by atoms with Crippen LogP contribution in [0.4, 0.5) is 0 Å². The van der Waals surface area contributed by atoms with E-state index in [4.69, 9.17) is 0 Å². The summed E-state index contributed by atoms with van der Waals surface area (Å²) in [6, 6.07) is 45.5. The molecule has 2 heteroatoms. The fourth-order valence-electron chi connectivity index (χ4n) is 5.00. The van der Waals surface area contributed by atoms with Crippen LogP contribution in [0.1, 0.15) is 58.3 Å². The van der Waals surface area contributed by atoms with Crippen molar-refractivity contribution >= 4 is 37.1 Å². The summed E-state index contributed by atoms with van der Waals surface area (Å²) in [6.07, 6.45) is 10.8. The summed E-state index contributed by atoms with van der Waals surface area (Å²) in [4.78, 5) is 0. The highest BCUT2D eigenvalue weighted by Crippen LogP contribution is 2.58. The van der Waals surface area contributed by atoms with Crippen LogP contribution in [-0.4, -0.2) is 5.40 Å². The van der Waals surface area contributed by atoms with Gasteiger partial charge in [-0.2, -0.15) is 0 Å². The van der Waals surface area contributed by atoms with Gasteiger partial charge in [0.25, 0.3) is 0 Å². The third kappa shape index (κ3) is 7.62. The average Bonchev–Trinajstić information content (AvgIpc) is 2.95. The molecule has 0 aliphatic carbocycles. The molecule has 0 bridgehead atoms. The highest BCUT2D eigenvalue weighted by atomic mass is 31.2. The Morgan fingerprint density at radius 3 is 1.06 bits per heavy atom. The minimum absolute atomic E-state index is 0.502. The van der Waals surface area contributed by atoms with Crippen LogP contribution in [0.2, 0.25) is 0 Å². The van der Waals surface area contributed by atoms with Gasteiger partial charge in [-0.3, -0.25) is 0 Å². The predicted octanol–water partition coefficient (Wildman–Crippen LogP) is 8.72. The number of hydrogen-bond donors (Lipinski definition) is 0. The van der Waals surface area contributed by atoms with Crippen molar-refractivity contribution in [1.82, 2.24) is 0 Å². The Kier molecular flexibility index (Phi) is 11.2. The molecule has 0 saturated heterocycles. The summed E-state index contributed by atoms with van der Waals surface area (Å²) in [5.41, 5.74) is 0. The van der Waals surface area contributed by atoms with Crippen LogP contribution >= 0.6 is 15.8 Å². The second-order valence-electron chi connectivity index (χ2n) is 9.47. The smallest absolute Gasteiger partial charge is 0.0155 e. The van der Waals surface area contributed by atoms with Crippen molar-refractivity contribution in [2.24, 2.45) is 0 Å². The molecule has 36 heavy (non-hydrogen) atoms. The van der Waals surface area contributed by atoms with Gasteiger partial charge in [0.05, 0.1) is 0 Å². The molecule has 0 atom stereocenters. The van der Waals surface area contributed by atoms with E-state index in [9.17, 15) is 0 Å². The van der Waals surface area contributed by atoms with Crippen molar-refractivity contribution in [1.29, 1.82) is 0 Å². The zero-order valence-electron chi connectivity index (χ0n) is 21.7. The molecule has 4 aromatic rings. The molecule has 0 radical (unpaired) electrons. The molecule has 0 aliphatic heterocycles. The molecule has 0 heterocycles. The van der Waals surface area contributed by atoms with Gasteiger partial charge >= 0.3 is 0 Å². The topological polar surface area (TPSA) is 0 Å². The maximum absolute atomic E-state index is 2.37. The van der Waals surface area contributed by atoms with E-state index in [0.29, 0.717) is 5.40 Å². The number of unbranched alkanes of at least 4 members (excludes halogenated alkanes) is 6. The van der Waals surface area contributed by atoms with Gasteiger partial charge < -0.3 is 0 Å². The first-order valence-corrected chi connectivity index (χ1v) is 16.5. The quantitative estimate of drug-likeness (QED) is 0.118. The average molecular weight is 511 g/mol. The van der Waals surface area contributed by atoms with E-state index in [1.165, 1.54) is 72.6 Å². The molecular formula is C34H40P2. The Morgan fingerprint density at radius 2 is 0.722 bits per heavy atom. The predicted molar refractivity (Wildman–Crippen MR) is 165 cm³/mol. The van der Waals surface area contributed by atoms with Crippen molar-refractivity contribution in [3.05, 3.63) is 121 Å². The number of hydrogen-bond acceptors (Lipinski definition) is 0. The summed E-state index contributed by atoms with van der Waals surface area (Å²) in [5, 5.41) is 6.62. The molecule has 0 nitrogen and oxygen atoms in total. The standard InChI is InChI=1S/C34H40P2/c1-2-3-4-5-6-7-20-29-34(35(30-21-12-8-13-22-30)31-23-14-9-15-24-31)36(32-25-16-10-17-26-32)33-27-18-11-19-28-33/h8-19,21-28,34H,2-7,20,29H2,1H3. The Morgan fingerprint density at radius 1 is 0.417 bits per heavy atom. The maximum atomic E-state index is 2.37. The molecule has 0 saturated carbocycles. The van der Waals surface area contributed by atoms with Gasteiger partial charge in [-0.1, -0.05) is 173 Å². The monoisotopic (exact) mass is 510 g/mol. The van der Waals surface area contributed by atoms with Crippen molar-refractivity contribution in [2.45, 2.75) is 63.7 Å².